The van der Waals surface area contributed by atoms with Gasteiger partial charge in [0.05, 0.1) is 11.4 Å². The molecular formula is C22H22N4O2. The van der Waals surface area contributed by atoms with Crippen LogP contribution < -0.4 is 22.1 Å². The highest BCUT2D eigenvalue weighted by Crippen LogP contribution is 2.24. The topological polar surface area (TPSA) is 110 Å². The maximum atomic E-state index is 12.4. The standard InChI is InChI=1S/C22H22N4O2/c1-13-3-5-15(6-4-13)21(27)26-20-8-7-18(12-19(20)24)25-22(28)16-9-14(2)10-17(23)11-16/h3-12H,23-24H2,1-2H3,(H,25,28)(H,26,27). The van der Waals surface area contributed by atoms with Crippen LogP contribution in [0.1, 0.15) is 31.8 Å². The second kappa shape index (κ2) is 7.84. The summed E-state index contributed by atoms with van der Waals surface area (Å²) in [7, 11) is 0. The van der Waals surface area contributed by atoms with Crippen molar-refractivity contribution in [2.24, 2.45) is 0 Å². The Bertz CT molecular complexity index is 1020. The van der Waals surface area contributed by atoms with E-state index in [1.807, 2.05) is 26.0 Å². The number of rotatable bonds is 4. The lowest BCUT2D eigenvalue weighted by molar-refractivity contribution is 0.101. The molecule has 0 aliphatic carbocycles. The van der Waals surface area contributed by atoms with Gasteiger partial charge in [-0.05, 0) is 67.9 Å². The molecule has 3 aromatic carbocycles. The summed E-state index contributed by atoms with van der Waals surface area (Å²) in [4.78, 5) is 24.8. The third-order valence-electron chi connectivity index (χ3n) is 4.23. The molecule has 0 aliphatic rings. The van der Waals surface area contributed by atoms with Crippen molar-refractivity contribution in [1.29, 1.82) is 0 Å². The van der Waals surface area contributed by atoms with E-state index in [2.05, 4.69) is 10.6 Å². The molecule has 6 nitrogen and oxygen atoms in total. The molecule has 3 rings (SSSR count). The summed E-state index contributed by atoms with van der Waals surface area (Å²) in [6.07, 6.45) is 0. The minimum atomic E-state index is -0.286. The molecule has 0 radical (unpaired) electrons. The van der Waals surface area contributed by atoms with Crippen LogP contribution >= 0.6 is 0 Å². The van der Waals surface area contributed by atoms with Crippen molar-refractivity contribution >= 4 is 34.6 Å². The Hall–Kier alpha value is -3.80. The molecule has 0 bridgehead atoms. The largest absolute Gasteiger partial charge is 0.399 e. The summed E-state index contributed by atoms with van der Waals surface area (Å²) in [5.41, 5.74) is 16.7. The molecule has 28 heavy (non-hydrogen) atoms. The molecule has 0 saturated heterocycles. The monoisotopic (exact) mass is 374 g/mol. The number of nitrogens with two attached hydrogens (primary N) is 2. The van der Waals surface area contributed by atoms with Crippen molar-refractivity contribution in [3.05, 3.63) is 82.9 Å². The first-order valence-corrected chi connectivity index (χ1v) is 8.78. The van der Waals surface area contributed by atoms with Gasteiger partial charge in [-0.25, -0.2) is 0 Å². The number of nitrogens with one attached hydrogen (secondary N) is 2. The number of hydrogen-bond acceptors (Lipinski definition) is 4. The molecule has 0 heterocycles. The third kappa shape index (κ3) is 4.48. The lowest BCUT2D eigenvalue weighted by Gasteiger charge is -2.12. The van der Waals surface area contributed by atoms with Gasteiger partial charge in [-0.2, -0.15) is 0 Å². The highest BCUT2D eigenvalue weighted by atomic mass is 16.2. The minimum absolute atomic E-state index is 0.251. The summed E-state index contributed by atoms with van der Waals surface area (Å²) in [5, 5.41) is 5.56. The smallest absolute Gasteiger partial charge is 0.255 e. The number of aryl methyl sites for hydroxylation is 2. The second-order valence-corrected chi connectivity index (χ2v) is 6.71. The van der Waals surface area contributed by atoms with E-state index < -0.39 is 0 Å². The number of hydrogen-bond donors (Lipinski definition) is 4. The third-order valence-corrected chi connectivity index (χ3v) is 4.23. The molecule has 0 aliphatic heterocycles. The molecule has 0 fully saturated rings. The quantitative estimate of drug-likeness (QED) is 0.518. The number of carbonyl (C=O) groups excluding carboxylic acids is 2. The average Bonchev–Trinajstić information content (AvgIpc) is 2.63. The van der Waals surface area contributed by atoms with Crippen LogP contribution in [0.25, 0.3) is 0 Å². The van der Waals surface area contributed by atoms with Crippen LogP contribution in [0.4, 0.5) is 22.7 Å². The molecule has 3 aromatic rings. The van der Waals surface area contributed by atoms with E-state index in [0.717, 1.165) is 11.1 Å². The first-order valence-electron chi connectivity index (χ1n) is 8.78. The minimum Gasteiger partial charge on any atom is -0.399 e. The Morgan fingerprint density at radius 3 is 2.04 bits per heavy atom. The van der Waals surface area contributed by atoms with Gasteiger partial charge in [-0.15, -0.1) is 0 Å². The molecule has 0 spiro atoms. The number of carbonyl (C=O) groups is 2. The first-order chi connectivity index (χ1) is 13.3. The lowest BCUT2D eigenvalue weighted by atomic mass is 10.1. The summed E-state index contributed by atoms with van der Waals surface area (Å²) in [6, 6.07) is 17.3. The van der Waals surface area contributed by atoms with Crippen LogP contribution in [-0.2, 0) is 0 Å². The molecular weight excluding hydrogens is 352 g/mol. The van der Waals surface area contributed by atoms with Gasteiger partial charge in [0.15, 0.2) is 0 Å². The molecule has 142 valence electrons. The number of nitrogen functional groups attached to an aromatic ring is 2. The molecule has 0 saturated carbocycles. The average molecular weight is 374 g/mol. The first kappa shape index (κ1) is 19.0. The lowest BCUT2D eigenvalue weighted by Crippen LogP contribution is -2.15. The zero-order valence-electron chi connectivity index (χ0n) is 15.7. The van der Waals surface area contributed by atoms with Crippen LogP contribution in [0, 0.1) is 13.8 Å². The number of amides is 2. The van der Waals surface area contributed by atoms with E-state index >= 15 is 0 Å². The maximum Gasteiger partial charge on any atom is 0.255 e. The fourth-order valence-electron chi connectivity index (χ4n) is 2.80. The zero-order valence-corrected chi connectivity index (χ0v) is 15.7. The van der Waals surface area contributed by atoms with E-state index in [-0.39, 0.29) is 11.8 Å². The van der Waals surface area contributed by atoms with E-state index in [0.29, 0.717) is 33.9 Å². The van der Waals surface area contributed by atoms with Crippen molar-refractivity contribution in [2.45, 2.75) is 13.8 Å². The Kier molecular flexibility index (Phi) is 5.31. The fourth-order valence-corrected chi connectivity index (χ4v) is 2.80. The van der Waals surface area contributed by atoms with Gasteiger partial charge < -0.3 is 22.1 Å². The highest BCUT2D eigenvalue weighted by molar-refractivity contribution is 6.07. The van der Waals surface area contributed by atoms with E-state index in [1.165, 1.54) is 0 Å². The number of benzene rings is 3. The van der Waals surface area contributed by atoms with Crippen LogP contribution in [0.2, 0.25) is 0 Å². The van der Waals surface area contributed by atoms with Crippen molar-refractivity contribution < 1.29 is 9.59 Å². The van der Waals surface area contributed by atoms with Crippen molar-refractivity contribution in [2.75, 3.05) is 22.1 Å². The Balaban J connectivity index is 1.72. The summed E-state index contributed by atoms with van der Waals surface area (Å²) < 4.78 is 0. The van der Waals surface area contributed by atoms with Crippen LogP contribution in [0.15, 0.2) is 60.7 Å². The molecule has 0 aromatic heterocycles. The van der Waals surface area contributed by atoms with E-state index in [9.17, 15) is 9.59 Å². The fraction of sp³-hybridized carbons (Fsp3) is 0.0909. The molecule has 2 amide bonds. The van der Waals surface area contributed by atoms with E-state index in [4.69, 9.17) is 11.5 Å². The second-order valence-electron chi connectivity index (χ2n) is 6.71. The van der Waals surface area contributed by atoms with Gasteiger partial charge in [0.25, 0.3) is 11.8 Å². The number of anilines is 4. The van der Waals surface area contributed by atoms with Crippen molar-refractivity contribution in [3.8, 4) is 0 Å². The van der Waals surface area contributed by atoms with Gasteiger partial charge in [0.1, 0.15) is 0 Å². The van der Waals surface area contributed by atoms with Crippen LogP contribution in [-0.4, -0.2) is 11.8 Å². The summed E-state index contributed by atoms with van der Waals surface area (Å²) in [6.45, 7) is 3.83. The zero-order chi connectivity index (χ0) is 20.3. The van der Waals surface area contributed by atoms with Crippen LogP contribution in [0.5, 0.6) is 0 Å². The van der Waals surface area contributed by atoms with Crippen molar-refractivity contribution in [1.82, 2.24) is 0 Å². The Morgan fingerprint density at radius 2 is 1.39 bits per heavy atom. The molecule has 0 atom stereocenters. The van der Waals surface area contributed by atoms with E-state index in [1.54, 1.807) is 48.5 Å². The molecule has 6 N–H and O–H groups in total. The normalized spacial score (nSPS) is 10.4. The summed E-state index contributed by atoms with van der Waals surface area (Å²) in [5.74, 6) is -0.537. The predicted octanol–water partition coefficient (Wildman–Crippen LogP) is 3.97. The Morgan fingerprint density at radius 1 is 0.714 bits per heavy atom. The van der Waals surface area contributed by atoms with Crippen LogP contribution in [0.3, 0.4) is 0 Å². The van der Waals surface area contributed by atoms with Gasteiger partial charge in [-0.3, -0.25) is 9.59 Å². The highest BCUT2D eigenvalue weighted by Gasteiger charge is 2.11. The molecule has 6 heteroatoms. The van der Waals surface area contributed by atoms with Gasteiger partial charge in [0, 0.05) is 22.5 Å². The van der Waals surface area contributed by atoms with Gasteiger partial charge >= 0.3 is 0 Å². The maximum absolute atomic E-state index is 12.4. The van der Waals surface area contributed by atoms with Gasteiger partial charge in [0.2, 0.25) is 0 Å². The summed E-state index contributed by atoms with van der Waals surface area (Å²) >= 11 is 0. The molecule has 0 unspecified atom stereocenters. The Labute approximate surface area is 163 Å². The van der Waals surface area contributed by atoms with Crippen molar-refractivity contribution in [3.63, 3.8) is 0 Å². The SMILES string of the molecule is Cc1ccc(C(=O)Nc2ccc(NC(=O)c3cc(C)cc(N)c3)cc2N)cc1. The van der Waals surface area contributed by atoms with Gasteiger partial charge in [-0.1, -0.05) is 17.7 Å². The predicted molar refractivity (Wildman–Crippen MR) is 114 cm³/mol.